The number of carboxylic acids is 1. The lowest BCUT2D eigenvalue weighted by Crippen LogP contribution is -2.49. The van der Waals surface area contributed by atoms with Gasteiger partial charge in [0.1, 0.15) is 6.04 Å². The lowest BCUT2D eigenvalue weighted by atomic mass is 10.1. The van der Waals surface area contributed by atoms with E-state index >= 15 is 0 Å². The molecule has 2 aromatic rings. The van der Waals surface area contributed by atoms with E-state index in [1.165, 1.54) is 0 Å². The quantitative estimate of drug-likeness (QED) is 0.285. The average Bonchev–Trinajstić information content (AvgIpc) is 3.16. The smallest absolute Gasteiger partial charge is 0.328 e. The number of aliphatic hydroxyl groups is 1. The summed E-state index contributed by atoms with van der Waals surface area (Å²) in [6.07, 6.45) is 0.0491. The summed E-state index contributed by atoms with van der Waals surface area (Å²) in [7, 11) is 0. The highest BCUT2D eigenvalue weighted by molar-refractivity contribution is 5.83. The highest BCUT2D eigenvalue weighted by atomic mass is 16.4. The number of nitrogens with zero attached hydrogens (tertiary/aromatic N) is 2. The fourth-order valence-electron chi connectivity index (χ4n) is 2.44. The van der Waals surface area contributed by atoms with Crippen LogP contribution in [-0.4, -0.2) is 51.0 Å². The summed E-state index contributed by atoms with van der Waals surface area (Å²) in [4.78, 5) is 34.2. The molecule has 29 heavy (non-hydrogen) atoms. The van der Waals surface area contributed by atoms with Crippen molar-refractivity contribution in [2.75, 3.05) is 6.61 Å². The maximum Gasteiger partial charge on any atom is 0.328 e. The van der Waals surface area contributed by atoms with Gasteiger partial charge in [-0.25, -0.2) is 9.59 Å². The molecule has 3 atom stereocenters. The second-order valence-corrected chi connectivity index (χ2v) is 6.19. The Balaban J connectivity index is 2.09. The molecule has 0 bridgehead atoms. The first kappa shape index (κ1) is 21.8. The molecule has 2 rings (SSSR count). The minimum Gasteiger partial charge on any atom is -0.480 e. The van der Waals surface area contributed by atoms with Crippen molar-refractivity contribution in [1.82, 2.24) is 20.8 Å². The van der Waals surface area contributed by atoms with E-state index in [2.05, 4.69) is 15.5 Å². The van der Waals surface area contributed by atoms with Gasteiger partial charge >= 0.3 is 12.0 Å². The van der Waals surface area contributed by atoms with Crippen molar-refractivity contribution in [3.05, 3.63) is 47.7 Å². The summed E-state index contributed by atoms with van der Waals surface area (Å²) in [5, 5.41) is 29.9. The topological polar surface area (TPSA) is 207 Å². The van der Waals surface area contributed by atoms with Crippen molar-refractivity contribution in [2.24, 2.45) is 11.5 Å². The molecule has 1 aromatic heterocycles. The number of aliphatic carboxylic acids is 1. The van der Waals surface area contributed by atoms with Gasteiger partial charge in [-0.2, -0.15) is 0 Å². The third-order valence-corrected chi connectivity index (χ3v) is 3.87. The normalized spacial score (nSPS) is 13.9. The van der Waals surface area contributed by atoms with E-state index in [1.807, 2.05) is 35.6 Å². The second kappa shape index (κ2) is 10.1. The van der Waals surface area contributed by atoms with Gasteiger partial charge in [-0.1, -0.05) is 30.3 Å². The number of urea groups is 1. The zero-order valence-corrected chi connectivity index (χ0v) is 15.3. The van der Waals surface area contributed by atoms with Gasteiger partial charge in [0.25, 0.3) is 0 Å². The number of nitrogens with two attached hydrogens (primary N) is 2. The summed E-state index contributed by atoms with van der Waals surface area (Å²) in [6.45, 7) is -0.817. The van der Waals surface area contributed by atoms with Crippen molar-refractivity contribution < 1.29 is 29.0 Å². The van der Waals surface area contributed by atoms with Crippen LogP contribution < -0.4 is 22.1 Å². The SMILES string of the molecule is NC(=O)C[C@H](NC(=O)N[C@@H](CO)C(=O)O)c1nnc([C@@H](N)Cc2ccccc2)o1. The van der Waals surface area contributed by atoms with E-state index in [1.54, 1.807) is 0 Å². The molecule has 0 unspecified atom stereocenters. The van der Waals surface area contributed by atoms with E-state index < -0.39 is 42.6 Å². The zero-order chi connectivity index (χ0) is 21.4. The van der Waals surface area contributed by atoms with Gasteiger partial charge in [0.05, 0.1) is 19.1 Å². The molecule has 1 aromatic carbocycles. The molecule has 1 heterocycles. The average molecular weight is 406 g/mol. The number of primary amides is 1. The van der Waals surface area contributed by atoms with E-state index in [9.17, 15) is 14.4 Å². The van der Waals surface area contributed by atoms with Crippen LogP contribution in [0.15, 0.2) is 34.7 Å². The number of nitrogens with one attached hydrogen (secondary N) is 2. The van der Waals surface area contributed by atoms with Crippen LogP contribution in [0.25, 0.3) is 0 Å². The Morgan fingerprint density at radius 2 is 1.76 bits per heavy atom. The first-order valence-electron chi connectivity index (χ1n) is 8.62. The van der Waals surface area contributed by atoms with Crippen LogP contribution >= 0.6 is 0 Å². The Morgan fingerprint density at radius 1 is 1.10 bits per heavy atom. The molecule has 0 spiro atoms. The molecule has 3 amide bonds. The number of carbonyl (C=O) groups excluding carboxylic acids is 2. The number of rotatable bonds is 10. The minimum absolute atomic E-state index is 0.0966. The van der Waals surface area contributed by atoms with Crippen LogP contribution in [0, 0.1) is 0 Å². The van der Waals surface area contributed by atoms with Gasteiger partial charge in [-0.15, -0.1) is 10.2 Å². The highest BCUT2D eigenvalue weighted by Gasteiger charge is 2.26. The summed E-state index contributed by atoms with van der Waals surface area (Å²) >= 11 is 0. The van der Waals surface area contributed by atoms with E-state index in [0.29, 0.717) is 6.42 Å². The van der Waals surface area contributed by atoms with Crippen LogP contribution in [-0.2, 0) is 16.0 Å². The molecule has 0 saturated carbocycles. The summed E-state index contributed by atoms with van der Waals surface area (Å²) in [6, 6.07) is 5.16. The van der Waals surface area contributed by atoms with Gasteiger partial charge < -0.3 is 36.7 Å². The third kappa shape index (κ3) is 6.55. The monoisotopic (exact) mass is 406 g/mol. The van der Waals surface area contributed by atoms with E-state index in [0.717, 1.165) is 5.56 Å². The lowest BCUT2D eigenvalue weighted by Gasteiger charge is -2.17. The molecule has 0 aliphatic rings. The van der Waals surface area contributed by atoms with Crippen LogP contribution in [0.1, 0.15) is 35.8 Å². The van der Waals surface area contributed by atoms with Gasteiger partial charge in [0.15, 0.2) is 6.04 Å². The van der Waals surface area contributed by atoms with Gasteiger partial charge in [-0.05, 0) is 12.0 Å². The Kier molecular flexibility index (Phi) is 7.62. The molecule has 0 fully saturated rings. The Labute approximate surface area is 165 Å². The summed E-state index contributed by atoms with van der Waals surface area (Å²) < 4.78 is 5.50. The largest absolute Gasteiger partial charge is 0.480 e. The summed E-state index contributed by atoms with van der Waals surface area (Å²) in [5.74, 6) is -2.21. The molecule has 0 aliphatic carbocycles. The Morgan fingerprint density at radius 3 is 2.34 bits per heavy atom. The molecule has 0 saturated heterocycles. The minimum atomic E-state index is -1.53. The number of hydrogen-bond donors (Lipinski definition) is 6. The molecule has 12 nitrogen and oxygen atoms in total. The standard InChI is InChI=1S/C17H22N6O6/c18-10(6-9-4-2-1-3-5-9)14-22-23-15(29-14)11(7-13(19)25)20-17(28)21-12(8-24)16(26)27/h1-5,10-12,24H,6-8,18H2,(H2,19,25)(H,26,27)(H2,20,21,28)/t10-,11-,12-/m0/s1. The lowest BCUT2D eigenvalue weighted by molar-refractivity contribution is -0.140. The van der Waals surface area contributed by atoms with Gasteiger partial charge in [-0.3, -0.25) is 4.79 Å². The first-order valence-corrected chi connectivity index (χ1v) is 8.62. The maximum absolute atomic E-state index is 12.0. The molecular weight excluding hydrogens is 384 g/mol. The number of aromatic nitrogens is 2. The predicted octanol–water partition coefficient (Wildman–Crippen LogP) is -1.03. The van der Waals surface area contributed by atoms with Crippen LogP contribution in [0.3, 0.4) is 0 Å². The Bertz CT molecular complexity index is 842. The fraction of sp³-hybridized carbons (Fsp3) is 0.353. The van der Waals surface area contributed by atoms with Gasteiger partial charge in [0.2, 0.25) is 17.7 Å². The number of benzene rings is 1. The van der Waals surface area contributed by atoms with Crippen molar-refractivity contribution in [3.8, 4) is 0 Å². The predicted molar refractivity (Wildman–Crippen MR) is 98.1 cm³/mol. The number of amides is 3. The molecule has 156 valence electrons. The highest BCUT2D eigenvalue weighted by Crippen LogP contribution is 2.20. The van der Waals surface area contributed by atoms with Crippen molar-refractivity contribution >= 4 is 17.9 Å². The van der Waals surface area contributed by atoms with Crippen molar-refractivity contribution in [3.63, 3.8) is 0 Å². The number of carboxylic acid groups (broad SMARTS) is 1. The van der Waals surface area contributed by atoms with Crippen LogP contribution in [0.4, 0.5) is 4.79 Å². The summed E-state index contributed by atoms with van der Waals surface area (Å²) in [5.41, 5.74) is 12.2. The second-order valence-electron chi connectivity index (χ2n) is 6.19. The van der Waals surface area contributed by atoms with E-state index in [-0.39, 0.29) is 18.2 Å². The number of hydrogen-bond acceptors (Lipinski definition) is 8. The molecule has 12 heteroatoms. The van der Waals surface area contributed by atoms with Crippen LogP contribution in [0.5, 0.6) is 0 Å². The Hall–Kier alpha value is -3.51. The maximum atomic E-state index is 12.0. The van der Waals surface area contributed by atoms with Crippen molar-refractivity contribution in [1.29, 1.82) is 0 Å². The van der Waals surface area contributed by atoms with Crippen molar-refractivity contribution in [2.45, 2.75) is 31.0 Å². The third-order valence-electron chi connectivity index (χ3n) is 3.87. The number of carbonyl (C=O) groups is 3. The van der Waals surface area contributed by atoms with Crippen LogP contribution in [0.2, 0.25) is 0 Å². The molecular formula is C17H22N6O6. The number of aliphatic hydroxyl groups excluding tert-OH is 1. The fourth-order valence-corrected chi connectivity index (χ4v) is 2.44. The van der Waals surface area contributed by atoms with E-state index in [4.69, 9.17) is 26.1 Å². The first-order chi connectivity index (χ1) is 13.8. The molecule has 8 N–H and O–H groups in total. The van der Waals surface area contributed by atoms with Gasteiger partial charge in [0, 0.05) is 0 Å². The zero-order valence-electron chi connectivity index (χ0n) is 15.3. The molecule has 0 aliphatic heterocycles. The molecule has 0 radical (unpaired) electrons.